The fourth-order valence-electron chi connectivity index (χ4n) is 1.86. The van der Waals surface area contributed by atoms with Crippen molar-refractivity contribution in [2.24, 2.45) is 0 Å². The molecule has 0 aliphatic carbocycles. The first-order chi connectivity index (χ1) is 7.36. The molecular formula is C10H10ClN3O. The minimum Gasteiger partial charge on any atom is -0.461 e. The lowest BCUT2D eigenvalue weighted by molar-refractivity contribution is 0.508. The molecule has 0 saturated carbocycles. The second kappa shape index (κ2) is 3.40. The topological polar surface area (TPSA) is 43.0 Å². The molecule has 0 fully saturated rings. The summed E-state index contributed by atoms with van der Waals surface area (Å²) in [5, 5.41) is 3.83. The fraction of sp³-hybridized carbons (Fsp3) is 0.300. The van der Waals surface area contributed by atoms with Gasteiger partial charge in [0.15, 0.2) is 16.7 Å². The van der Waals surface area contributed by atoms with E-state index in [0.717, 1.165) is 36.9 Å². The fourth-order valence-corrected chi connectivity index (χ4v) is 2.11. The highest BCUT2D eigenvalue weighted by atomic mass is 35.5. The molecule has 0 unspecified atom stereocenters. The van der Waals surface area contributed by atoms with Crippen LogP contribution in [0.4, 0.5) is 0 Å². The smallest absolute Gasteiger partial charge is 0.177 e. The van der Waals surface area contributed by atoms with E-state index in [2.05, 4.69) is 14.9 Å². The third-order valence-corrected chi connectivity index (χ3v) is 2.87. The summed E-state index contributed by atoms with van der Waals surface area (Å²) in [5.74, 6) is 1.59. The van der Waals surface area contributed by atoms with Crippen molar-refractivity contribution in [1.82, 2.24) is 14.9 Å². The molecule has 0 atom stereocenters. The van der Waals surface area contributed by atoms with Gasteiger partial charge in [-0.3, -0.25) is 0 Å². The zero-order valence-corrected chi connectivity index (χ0v) is 8.79. The van der Waals surface area contributed by atoms with Crippen LogP contribution in [0, 0.1) is 0 Å². The number of halogens is 1. The molecule has 0 spiro atoms. The number of fused-ring (bicyclic) bond motifs is 1. The van der Waals surface area contributed by atoms with Crippen LogP contribution in [0.3, 0.4) is 0 Å². The Hall–Kier alpha value is -1.26. The molecule has 5 heteroatoms. The van der Waals surface area contributed by atoms with Crippen LogP contribution < -0.4 is 5.32 Å². The highest BCUT2D eigenvalue weighted by Gasteiger charge is 2.20. The number of rotatable bonds is 1. The lowest BCUT2D eigenvalue weighted by atomic mass is 10.3. The van der Waals surface area contributed by atoms with Crippen molar-refractivity contribution in [2.75, 3.05) is 6.54 Å². The van der Waals surface area contributed by atoms with Crippen LogP contribution in [0.5, 0.6) is 0 Å². The van der Waals surface area contributed by atoms with Gasteiger partial charge in [-0.05, 0) is 12.1 Å². The lowest BCUT2D eigenvalue weighted by Crippen LogP contribution is -2.28. The van der Waals surface area contributed by atoms with E-state index in [1.54, 1.807) is 6.26 Å². The number of furan rings is 1. The van der Waals surface area contributed by atoms with Crippen LogP contribution >= 0.6 is 11.6 Å². The number of aromatic nitrogens is 2. The highest BCUT2D eigenvalue weighted by molar-refractivity contribution is 6.30. The Morgan fingerprint density at radius 1 is 1.53 bits per heavy atom. The summed E-state index contributed by atoms with van der Waals surface area (Å²) in [6.45, 7) is 2.59. The first kappa shape index (κ1) is 9.00. The predicted octanol–water partition coefficient (Wildman–Crippen LogP) is 1.90. The highest BCUT2D eigenvalue weighted by Crippen LogP contribution is 2.26. The molecule has 1 aliphatic heterocycles. The minimum atomic E-state index is 0.564. The molecule has 3 rings (SSSR count). The van der Waals surface area contributed by atoms with Gasteiger partial charge in [-0.1, -0.05) is 11.6 Å². The number of hydrogen-bond donors (Lipinski definition) is 1. The van der Waals surface area contributed by atoms with E-state index in [1.807, 2.05) is 12.1 Å². The van der Waals surface area contributed by atoms with Crippen molar-refractivity contribution in [2.45, 2.75) is 13.1 Å². The van der Waals surface area contributed by atoms with Crippen LogP contribution in [-0.2, 0) is 13.1 Å². The summed E-state index contributed by atoms with van der Waals surface area (Å²) in [6, 6.07) is 3.75. The number of nitrogens with one attached hydrogen (secondary N) is 1. The molecule has 4 nitrogen and oxygen atoms in total. The molecule has 0 radical (unpaired) electrons. The zero-order chi connectivity index (χ0) is 10.3. The van der Waals surface area contributed by atoms with Gasteiger partial charge in [0.25, 0.3) is 0 Å². The molecule has 0 bridgehead atoms. The van der Waals surface area contributed by atoms with Gasteiger partial charge in [-0.2, -0.15) is 0 Å². The van der Waals surface area contributed by atoms with Crippen LogP contribution in [0.2, 0.25) is 5.15 Å². The van der Waals surface area contributed by atoms with Crippen LogP contribution in [0.1, 0.15) is 5.69 Å². The van der Waals surface area contributed by atoms with E-state index >= 15 is 0 Å². The van der Waals surface area contributed by atoms with Crippen molar-refractivity contribution in [3.8, 4) is 11.6 Å². The second-order valence-electron chi connectivity index (χ2n) is 3.48. The molecule has 3 heterocycles. The quantitative estimate of drug-likeness (QED) is 0.803. The van der Waals surface area contributed by atoms with Gasteiger partial charge in [0.1, 0.15) is 0 Å². The molecule has 2 aromatic rings. The zero-order valence-electron chi connectivity index (χ0n) is 8.03. The summed E-state index contributed by atoms with van der Waals surface area (Å²) in [6.07, 6.45) is 1.64. The Morgan fingerprint density at radius 3 is 3.27 bits per heavy atom. The largest absolute Gasteiger partial charge is 0.461 e. The van der Waals surface area contributed by atoms with E-state index in [4.69, 9.17) is 16.0 Å². The Balaban J connectivity index is 2.16. The maximum atomic E-state index is 6.07. The average molecular weight is 224 g/mol. The molecular weight excluding hydrogens is 214 g/mol. The molecule has 1 aliphatic rings. The van der Waals surface area contributed by atoms with Gasteiger partial charge in [0.2, 0.25) is 0 Å². The summed E-state index contributed by atoms with van der Waals surface area (Å²) < 4.78 is 7.45. The first-order valence-corrected chi connectivity index (χ1v) is 5.23. The van der Waals surface area contributed by atoms with Crippen molar-refractivity contribution < 1.29 is 4.42 Å². The van der Waals surface area contributed by atoms with Gasteiger partial charge in [0.05, 0.1) is 12.0 Å². The van der Waals surface area contributed by atoms with E-state index in [1.165, 1.54) is 0 Å². The molecule has 15 heavy (non-hydrogen) atoms. The van der Waals surface area contributed by atoms with Gasteiger partial charge in [-0.25, -0.2) is 4.98 Å². The van der Waals surface area contributed by atoms with Crippen molar-refractivity contribution in [3.63, 3.8) is 0 Å². The Labute approximate surface area is 91.9 Å². The van der Waals surface area contributed by atoms with E-state index < -0.39 is 0 Å². The van der Waals surface area contributed by atoms with Gasteiger partial charge in [0, 0.05) is 19.6 Å². The average Bonchev–Trinajstić information content (AvgIpc) is 2.87. The van der Waals surface area contributed by atoms with Crippen molar-refractivity contribution in [1.29, 1.82) is 0 Å². The summed E-state index contributed by atoms with van der Waals surface area (Å²) in [5.41, 5.74) is 1.04. The summed E-state index contributed by atoms with van der Waals surface area (Å²) >= 11 is 6.07. The second-order valence-corrected chi connectivity index (χ2v) is 3.84. The Kier molecular flexibility index (Phi) is 2.04. The Bertz CT molecular complexity index is 475. The molecule has 2 aromatic heterocycles. The maximum Gasteiger partial charge on any atom is 0.177 e. The third-order valence-electron chi connectivity index (χ3n) is 2.57. The van der Waals surface area contributed by atoms with E-state index in [0.29, 0.717) is 5.15 Å². The van der Waals surface area contributed by atoms with Gasteiger partial charge < -0.3 is 14.3 Å². The Morgan fingerprint density at radius 2 is 2.47 bits per heavy atom. The molecule has 0 saturated heterocycles. The molecule has 1 N–H and O–H groups in total. The maximum absolute atomic E-state index is 6.07. The SMILES string of the molecule is Clc1nc(-c2ccco2)n2c1CNCC2. The summed E-state index contributed by atoms with van der Waals surface area (Å²) in [7, 11) is 0. The van der Waals surface area contributed by atoms with Gasteiger partial charge >= 0.3 is 0 Å². The van der Waals surface area contributed by atoms with E-state index in [-0.39, 0.29) is 0 Å². The van der Waals surface area contributed by atoms with Crippen LogP contribution in [0.15, 0.2) is 22.8 Å². The summed E-state index contributed by atoms with van der Waals surface area (Å²) in [4.78, 5) is 4.33. The van der Waals surface area contributed by atoms with Crippen LogP contribution in [-0.4, -0.2) is 16.1 Å². The minimum absolute atomic E-state index is 0.564. The lowest BCUT2D eigenvalue weighted by Gasteiger charge is -2.17. The molecule has 78 valence electrons. The number of nitrogens with zero attached hydrogens (tertiary/aromatic N) is 2. The third kappa shape index (κ3) is 1.37. The first-order valence-electron chi connectivity index (χ1n) is 4.86. The van der Waals surface area contributed by atoms with Crippen LogP contribution in [0.25, 0.3) is 11.6 Å². The molecule has 0 aromatic carbocycles. The number of hydrogen-bond acceptors (Lipinski definition) is 3. The standard InChI is InChI=1S/C10H10ClN3O/c11-9-7-6-12-3-4-14(7)10(13-9)8-2-1-5-15-8/h1-2,5,12H,3-4,6H2. The molecule has 0 amide bonds. The van der Waals surface area contributed by atoms with Gasteiger partial charge in [-0.15, -0.1) is 0 Å². The van der Waals surface area contributed by atoms with E-state index in [9.17, 15) is 0 Å². The predicted molar refractivity (Wildman–Crippen MR) is 56.6 cm³/mol. The van der Waals surface area contributed by atoms with Crippen molar-refractivity contribution >= 4 is 11.6 Å². The van der Waals surface area contributed by atoms with Crippen molar-refractivity contribution in [3.05, 3.63) is 29.2 Å². The normalized spacial score (nSPS) is 15.3. The number of imidazole rings is 1. The monoisotopic (exact) mass is 223 g/mol.